The van der Waals surface area contributed by atoms with Crippen molar-refractivity contribution in [1.82, 2.24) is 0 Å². The van der Waals surface area contributed by atoms with Gasteiger partial charge in [-0.1, -0.05) is 121 Å². The molecule has 0 fully saturated rings. The average Bonchev–Trinajstić information content (AvgIpc) is 3.98. The molecule has 0 bridgehead atoms. The molecule has 0 saturated carbocycles. The smallest absolute Gasteiger partial charge is 0.143 e. The van der Waals surface area contributed by atoms with Gasteiger partial charge in [-0.2, -0.15) is 0 Å². The van der Waals surface area contributed by atoms with E-state index in [1.807, 2.05) is 0 Å². The summed E-state index contributed by atoms with van der Waals surface area (Å²) < 4.78 is 223. The van der Waals surface area contributed by atoms with Crippen molar-refractivity contribution >= 4 is 81.3 Å². The van der Waals surface area contributed by atoms with Crippen LogP contribution in [0.2, 0.25) is 0 Å². The van der Waals surface area contributed by atoms with Crippen molar-refractivity contribution in [3.63, 3.8) is 0 Å². The third-order valence-corrected chi connectivity index (χ3v) is 8.90. The lowest BCUT2D eigenvalue weighted by Crippen LogP contribution is -2.11. The third-order valence-electron chi connectivity index (χ3n) is 7.88. The highest BCUT2D eigenvalue weighted by molar-refractivity contribution is 7.25. The summed E-state index contributed by atoms with van der Waals surface area (Å²) in [5.74, 6) is 0. The first-order valence-electron chi connectivity index (χ1n) is 26.6. The van der Waals surface area contributed by atoms with E-state index in [4.69, 9.17) is 25.0 Å². The molecule has 0 aliphatic heterocycles. The minimum atomic E-state index is -1.07. The van der Waals surface area contributed by atoms with Crippen LogP contribution in [0.15, 0.2) is 180 Å². The highest BCUT2D eigenvalue weighted by atomic mass is 32.1. The highest BCUT2D eigenvalue weighted by Crippen LogP contribution is 2.47. The second kappa shape index (κ2) is 11.2. The van der Waals surface area contributed by atoms with E-state index in [0.717, 1.165) is 16.2 Å². The Balaban J connectivity index is 1.43. The van der Waals surface area contributed by atoms with Crippen LogP contribution in [0.3, 0.4) is 0 Å². The van der Waals surface area contributed by atoms with Crippen LogP contribution < -0.4 is 4.90 Å². The molecule has 0 spiro atoms. The maximum absolute atomic E-state index is 9.79. The monoisotopic (exact) mass is 667 g/mol. The van der Waals surface area contributed by atoms with Crippen molar-refractivity contribution < 1.29 is 37.3 Å². The third kappa shape index (κ3) is 4.55. The first-order valence-corrected chi connectivity index (χ1v) is 15.5. The summed E-state index contributed by atoms with van der Waals surface area (Å²) in [6.45, 7) is 0. The predicted octanol–water partition coefficient (Wildman–Crippen LogP) is 13.9. The Hall–Kier alpha value is -6.16. The molecular weight excluding hydrogens is 615 g/mol. The standard InChI is InChI=1S/C46H29NOS/c1-2-11-31(12-3-1)35-14-6-8-17-40(35)47(41-18-10-19-42-45(41)38-27-23-32-13-4-5-15-36(32)46(38)48-42)34-25-21-30(22-26-34)33-24-28-44-39(29-33)37-16-7-9-20-43(37)49-44/h1-29H/i4D,5D,6D,7D,8D,9D,10D,13D,14D,15D,16D,17D,18D,19D,20D,21D,22D,23D,24D,25D,26D,27D,28D,29D. The fourth-order valence-electron chi connectivity index (χ4n) is 5.71. The molecule has 10 rings (SSSR count). The van der Waals surface area contributed by atoms with Gasteiger partial charge in [-0.25, -0.2) is 0 Å². The number of hydrogen-bond acceptors (Lipinski definition) is 3. The van der Waals surface area contributed by atoms with Crippen LogP contribution in [-0.4, -0.2) is 0 Å². The fraction of sp³-hybridized carbons (Fsp3) is 0. The zero-order valence-corrected chi connectivity index (χ0v) is 25.5. The second-order valence-corrected chi connectivity index (χ2v) is 11.7. The Morgan fingerprint density at radius 1 is 0.510 bits per heavy atom. The van der Waals surface area contributed by atoms with Crippen molar-refractivity contribution in [3.05, 3.63) is 175 Å². The summed E-state index contributed by atoms with van der Waals surface area (Å²) in [7, 11) is 0. The van der Waals surface area contributed by atoms with Crippen LogP contribution in [0.4, 0.5) is 17.1 Å². The molecule has 0 aliphatic rings. The Bertz CT molecular complexity index is 4180. The lowest BCUT2D eigenvalue weighted by molar-refractivity contribution is 0.672. The maximum atomic E-state index is 9.79. The first kappa shape index (κ1) is 13.0. The zero-order valence-electron chi connectivity index (χ0n) is 48.7. The molecule has 10 aromatic rings. The van der Waals surface area contributed by atoms with E-state index in [-0.39, 0.29) is 31.3 Å². The number of para-hydroxylation sites is 1. The topological polar surface area (TPSA) is 16.4 Å². The van der Waals surface area contributed by atoms with Crippen LogP contribution in [0.5, 0.6) is 0 Å². The molecule has 0 atom stereocenters. The molecule has 2 nitrogen and oxygen atoms in total. The minimum absolute atomic E-state index is 0.0507. The summed E-state index contributed by atoms with van der Waals surface area (Å²) in [5, 5.41) is -2.36. The molecule has 2 heterocycles. The van der Waals surface area contributed by atoms with Gasteiger partial charge >= 0.3 is 0 Å². The molecule has 0 saturated heterocycles. The van der Waals surface area contributed by atoms with Crippen LogP contribution in [0, 0.1) is 0 Å². The van der Waals surface area contributed by atoms with Gasteiger partial charge in [0.15, 0.2) is 0 Å². The Kier molecular flexibility index (Phi) is 2.99. The molecule has 230 valence electrons. The molecule has 8 aromatic carbocycles. The molecule has 3 heteroatoms. The molecule has 0 aliphatic carbocycles. The van der Waals surface area contributed by atoms with Crippen LogP contribution >= 0.6 is 11.3 Å². The van der Waals surface area contributed by atoms with Gasteiger partial charge in [-0.3, -0.25) is 0 Å². The van der Waals surface area contributed by atoms with Gasteiger partial charge in [-0.05, 0) is 76.5 Å². The van der Waals surface area contributed by atoms with Gasteiger partial charge in [0.05, 0.1) is 49.7 Å². The Morgan fingerprint density at radius 2 is 1.24 bits per heavy atom. The largest absolute Gasteiger partial charge is 0.455 e. The van der Waals surface area contributed by atoms with E-state index in [9.17, 15) is 12.3 Å². The van der Waals surface area contributed by atoms with Crippen molar-refractivity contribution in [3.8, 4) is 22.3 Å². The van der Waals surface area contributed by atoms with Gasteiger partial charge in [0.1, 0.15) is 11.2 Å². The molecule has 0 N–H and O–H groups in total. The minimum Gasteiger partial charge on any atom is -0.455 e. The summed E-state index contributed by atoms with van der Waals surface area (Å²) in [4.78, 5) is 0.723. The first-order chi connectivity index (χ1) is 34.3. The molecular formula is C46H29NOS. The van der Waals surface area contributed by atoms with Crippen molar-refractivity contribution in [2.75, 3.05) is 4.90 Å². The summed E-state index contributed by atoms with van der Waals surface area (Å²) in [6.07, 6.45) is 0. The number of furan rings is 1. The number of benzene rings is 8. The van der Waals surface area contributed by atoms with Gasteiger partial charge in [0.25, 0.3) is 0 Å². The normalized spacial score (nSPS) is 18.5. The number of thiophene rings is 1. The van der Waals surface area contributed by atoms with Gasteiger partial charge in [-0.15, -0.1) is 11.3 Å². The average molecular weight is 668 g/mol. The van der Waals surface area contributed by atoms with E-state index in [0.29, 0.717) is 0 Å². The van der Waals surface area contributed by atoms with Crippen molar-refractivity contribution in [1.29, 1.82) is 0 Å². The van der Waals surface area contributed by atoms with Crippen LogP contribution in [0.25, 0.3) is 75.1 Å². The van der Waals surface area contributed by atoms with Crippen molar-refractivity contribution in [2.45, 2.75) is 0 Å². The molecule has 0 radical (unpaired) electrons. The van der Waals surface area contributed by atoms with Gasteiger partial charge < -0.3 is 9.32 Å². The Labute approximate surface area is 321 Å². The van der Waals surface area contributed by atoms with E-state index in [1.54, 1.807) is 6.07 Å². The van der Waals surface area contributed by atoms with E-state index >= 15 is 0 Å². The number of anilines is 3. The summed E-state index contributed by atoms with van der Waals surface area (Å²) in [6, 6.07) is -11.7. The van der Waals surface area contributed by atoms with E-state index in [1.165, 1.54) is 24.3 Å². The number of fused-ring (bicyclic) bond motifs is 8. The molecule has 0 unspecified atom stereocenters. The number of rotatable bonds is 5. The SMILES string of the molecule is [2H]c1c([2H])c([2H])c(N(c2c([2H])c([2H])c(-c3c([2H])c([2H])c4sc5c([2H])c([2H])c([2H])c([2H])c5c4c3[2H])c([2H])c2[2H])c2c([2H])c([2H])c([2H])c3oc4c5c([2H])c([2H])c([2H])c([2H])c5c([2H])c([2H])c4c23)c(-c2ccccc2)c1[2H]. The number of hydrogen-bond donors (Lipinski definition) is 0. The quantitative estimate of drug-likeness (QED) is 0.182. The van der Waals surface area contributed by atoms with E-state index in [2.05, 4.69) is 0 Å². The summed E-state index contributed by atoms with van der Waals surface area (Å²) in [5.41, 5.74) is -5.17. The zero-order chi connectivity index (χ0) is 53.2. The van der Waals surface area contributed by atoms with Gasteiger partial charge in [0.2, 0.25) is 0 Å². The molecule has 49 heavy (non-hydrogen) atoms. The highest BCUT2D eigenvalue weighted by Gasteiger charge is 2.22. The predicted molar refractivity (Wildman–Crippen MR) is 210 cm³/mol. The summed E-state index contributed by atoms with van der Waals surface area (Å²) >= 11 is 0.724. The Morgan fingerprint density at radius 3 is 2.14 bits per heavy atom. The lowest BCUT2D eigenvalue weighted by atomic mass is 9.99. The van der Waals surface area contributed by atoms with E-state index < -0.39 is 206 Å². The van der Waals surface area contributed by atoms with Crippen molar-refractivity contribution in [2.24, 2.45) is 0 Å². The number of nitrogens with zero attached hydrogens (tertiary/aromatic N) is 1. The maximum Gasteiger partial charge on any atom is 0.143 e. The fourth-order valence-corrected chi connectivity index (χ4v) is 6.63. The second-order valence-electron chi connectivity index (χ2n) is 10.6. The van der Waals surface area contributed by atoms with Crippen LogP contribution in [0.1, 0.15) is 32.9 Å². The lowest BCUT2D eigenvalue weighted by Gasteiger charge is -2.28. The van der Waals surface area contributed by atoms with Gasteiger partial charge in [0, 0.05) is 42.2 Å². The molecule has 0 amide bonds. The molecule has 2 aromatic heterocycles. The van der Waals surface area contributed by atoms with Crippen LogP contribution in [-0.2, 0) is 0 Å².